The average Bonchev–Trinajstić information content (AvgIpc) is 3.29. The molecule has 0 aliphatic rings. The Morgan fingerprint density at radius 1 is 0.588 bits per heavy atom. The van der Waals surface area contributed by atoms with E-state index in [1.807, 2.05) is 0 Å². The standard InChI is InChI=1S/C45H63N9O14/c1-5-25(4)39(45(68)50-31(16-18-37(61)62)40(63)48-28(23-55)19-26-9-7-6-8-10-26)54-43(66)33(21-34(47)57)52-44(67)38(24(2)3)53-42(65)32(20-27-11-13-29(56)14-12-27)51-41(64)30(15-17-36(59)60)49-35(58)22-46/h6-14,23-25,28,30-33,38-39,56H,5,15-22,46H2,1-4H3,(H2,47,57)(H,48,63)(H,49,58)(H,50,68)(H,51,64)(H,52,67)(H,53,65)(H,54,66)(H,59,60)(H,61,62). The van der Waals surface area contributed by atoms with Crippen molar-refractivity contribution in [3.8, 4) is 5.75 Å². The number of aldehydes is 1. The van der Waals surface area contributed by atoms with Crippen LogP contribution in [0.25, 0.3) is 0 Å². The summed E-state index contributed by atoms with van der Waals surface area (Å²) in [4.78, 5) is 142. The highest BCUT2D eigenvalue weighted by Gasteiger charge is 2.36. The number of aliphatic carboxylic acids is 2. The zero-order valence-corrected chi connectivity index (χ0v) is 38.3. The lowest BCUT2D eigenvalue weighted by Crippen LogP contribution is -2.62. The van der Waals surface area contributed by atoms with Crippen molar-refractivity contribution in [2.45, 2.75) is 121 Å². The molecule has 8 unspecified atom stereocenters. The minimum atomic E-state index is -1.75. The van der Waals surface area contributed by atoms with Crippen LogP contribution in [0.5, 0.6) is 5.75 Å². The molecule has 0 saturated carbocycles. The monoisotopic (exact) mass is 953 g/mol. The Balaban J connectivity index is 2.39. The van der Waals surface area contributed by atoms with Gasteiger partial charge in [0.25, 0.3) is 0 Å². The van der Waals surface area contributed by atoms with Crippen LogP contribution in [0.1, 0.15) is 77.3 Å². The van der Waals surface area contributed by atoms with Gasteiger partial charge >= 0.3 is 11.9 Å². The molecule has 8 atom stereocenters. The van der Waals surface area contributed by atoms with E-state index < -0.39 is 146 Å². The number of primary amides is 1. The molecule has 23 nitrogen and oxygen atoms in total. The number of aromatic hydroxyl groups is 1. The summed E-state index contributed by atoms with van der Waals surface area (Å²) in [5, 5.41) is 45.6. The van der Waals surface area contributed by atoms with E-state index in [-0.39, 0.29) is 31.4 Å². The zero-order valence-electron chi connectivity index (χ0n) is 38.3. The summed E-state index contributed by atoms with van der Waals surface area (Å²) in [5.74, 6) is -11.7. The molecule has 8 amide bonds. The molecule has 0 aliphatic carbocycles. The second-order valence-electron chi connectivity index (χ2n) is 16.5. The molecule has 2 rings (SSSR count). The molecular formula is C45H63N9O14. The maximum Gasteiger partial charge on any atom is 0.303 e. The smallest absolute Gasteiger partial charge is 0.303 e. The Bertz CT molecular complexity index is 2090. The van der Waals surface area contributed by atoms with Crippen molar-refractivity contribution in [3.05, 3.63) is 65.7 Å². The Kier molecular flexibility index (Phi) is 23.8. The number of hydrogen-bond donors (Lipinski definition) is 12. The largest absolute Gasteiger partial charge is 0.508 e. The first-order chi connectivity index (χ1) is 32.1. The Hall–Kier alpha value is -7.43. The number of benzene rings is 2. The molecule has 0 aliphatic heterocycles. The number of carbonyl (C=O) groups excluding carboxylic acids is 9. The molecular weight excluding hydrogens is 891 g/mol. The molecule has 0 fully saturated rings. The number of carboxylic acid groups (broad SMARTS) is 2. The predicted molar refractivity (Wildman–Crippen MR) is 242 cm³/mol. The SMILES string of the molecule is CCC(C)C(NC(=O)C(CC(N)=O)NC(=O)C(NC(=O)C(Cc1ccc(O)cc1)NC(=O)C(CCC(=O)O)NC(=O)CN)C(C)C)C(=O)NC(CCC(=O)O)C(=O)NC(C=O)Cc1ccccc1. The minimum Gasteiger partial charge on any atom is -0.508 e. The van der Waals surface area contributed by atoms with E-state index in [9.17, 15) is 68.1 Å². The van der Waals surface area contributed by atoms with Crippen molar-refractivity contribution in [1.29, 1.82) is 0 Å². The van der Waals surface area contributed by atoms with Gasteiger partial charge < -0.3 is 68.8 Å². The van der Waals surface area contributed by atoms with Crippen molar-refractivity contribution in [3.63, 3.8) is 0 Å². The lowest BCUT2D eigenvalue weighted by molar-refractivity contribution is -0.139. The van der Waals surface area contributed by atoms with Gasteiger partial charge in [-0.3, -0.25) is 47.9 Å². The van der Waals surface area contributed by atoms with E-state index in [1.165, 1.54) is 38.1 Å². The van der Waals surface area contributed by atoms with Gasteiger partial charge in [-0.05, 0) is 54.4 Å². The summed E-state index contributed by atoms with van der Waals surface area (Å²) in [5.41, 5.74) is 12.0. The molecule has 0 radical (unpaired) electrons. The maximum atomic E-state index is 14.0. The molecule has 23 heteroatoms. The zero-order chi connectivity index (χ0) is 51.1. The van der Waals surface area contributed by atoms with Crippen LogP contribution in [0.2, 0.25) is 0 Å². The lowest BCUT2D eigenvalue weighted by atomic mass is 9.96. The van der Waals surface area contributed by atoms with Crippen molar-refractivity contribution < 1.29 is 68.1 Å². The molecule has 0 spiro atoms. The number of phenols is 1. The van der Waals surface area contributed by atoms with Crippen molar-refractivity contribution in [2.75, 3.05) is 6.54 Å². The van der Waals surface area contributed by atoms with E-state index in [2.05, 4.69) is 37.2 Å². The van der Waals surface area contributed by atoms with Crippen LogP contribution >= 0.6 is 0 Å². The second kappa shape index (κ2) is 28.6. The van der Waals surface area contributed by atoms with Gasteiger partial charge in [0.05, 0.1) is 19.0 Å². The van der Waals surface area contributed by atoms with Crippen molar-refractivity contribution >= 4 is 65.5 Å². The number of carbonyl (C=O) groups is 11. The van der Waals surface area contributed by atoms with E-state index >= 15 is 0 Å². The molecule has 0 saturated heterocycles. The van der Waals surface area contributed by atoms with Gasteiger partial charge in [-0.15, -0.1) is 0 Å². The number of nitrogens with two attached hydrogens (primary N) is 2. The Labute approximate surface area is 392 Å². The highest BCUT2D eigenvalue weighted by atomic mass is 16.4. The highest BCUT2D eigenvalue weighted by molar-refractivity contribution is 5.99. The van der Waals surface area contributed by atoms with E-state index in [1.54, 1.807) is 44.2 Å². The number of phenolic OH excluding ortho intramolecular Hbond substituents is 1. The molecule has 14 N–H and O–H groups in total. The van der Waals surface area contributed by atoms with Gasteiger partial charge in [0.1, 0.15) is 48.3 Å². The molecule has 372 valence electrons. The molecule has 2 aromatic carbocycles. The van der Waals surface area contributed by atoms with Gasteiger partial charge in [-0.25, -0.2) is 0 Å². The van der Waals surface area contributed by atoms with Gasteiger partial charge in [-0.1, -0.05) is 76.6 Å². The summed E-state index contributed by atoms with van der Waals surface area (Å²) in [6.45, 7) is 5.80. The molecule has 2 aromatic rings. The fourth-order valence-electron chi connectivity index (χ4n) is 6.64. The van der Waals surface area contributed by atoms with Gasteiger partial charge in [0, 0.05) is 19.3 Å². The van der Waals surface area contributed by atoms with E-state index in [4.69, 9.17) is 11.5 Å². The van der Waals surface area contributed by atoms with Crippen LogP contribution in [0, 0.1) is 11.8 Å². The van der Waals surface area contributed by atoms with Crippen LogP contribution in [0.3, 0.4) is 0 Å². The maximum absolute atomic E-state index is 14.0. The third kappa shape index (κ3) is 20.0. The highest BCUT2D eigenvalue weighted by Crippen LogP contribution is 2.15. The van der Waals surface area contributed by atoms with Crippen LogP contribution in [-0.4, -0.2) is 130 Å². The lowest BCUT2D eigenvalue weighted by Gasteiger charge is -2.30. The van der Waals surface area contributed by atoms with Crippen LogP contribution in [0.4, 0.5) is 0 Å². The fourth-order valence-corrected chi connectivity index (χ4v) is 6.64. The van der Waals surface area contributed by atoms with E-state index in [0.717, 1.165) is 0 Å². The Morgan fingerprint density at radius 3 is 1.57 bits per heavy atom. The normalized spacial score (nSPS) is 14.4. The van der Waals surface area contributed by atoms with Crippen molar-refractivity contribution in [2.24, 2.45) is 23.3 Å². The summed E-state index contributed by atoms with van der Waals surface area (Å²) in [6.07, 6.45) is -2.06. The number of hydrogen-bond acceptors (Lipinski definition) is 13. The number of nitrogens with one attached hydrogen (secondary N) is 7. The number of amides is 8. The van der Waals surface area contributed by atoms with Gasteiger partial charge in [0.15, 0.2) is 0 Å². The van der Waals surface area contributed by atoms with Crippen LogP contribution in [-0.2, 0) is 65.6 Å². The molecule has 0 bridgehead atoms. The number of carboxylic acids is 2. The summed E-state index contributed by atoms with van der Waals surface area (Å²) in [7, 11) is 0. The average molecular weight is 954 g/mol. The van der Waals surface area contributed by atoms with Gasteiger partial charge in [0.2, 0.25) is 47.3 Å². The first-order valence-electron chi connectivity index (χ1n) is 21.9. The van der Waals surface area contributed by atoms with Crippen LogP contribution in [0.15, 0.2) is 54.6 Å². The quantitative estimate of drug-likeness (QED) is 0.0378. The molecule has 0 aromatic heterocycles. The first kappa shape index (κ1) is 56.7. The first-order valence-corrected chi connectivity index (χ1v) is 21.9. The summed E-state index contributed by atoms with van der Waals surface area (Å²) < 4.78 is 0. The second-order valence-corrected chi connectivity index (χ2v) is 16.5. The van der Waals surface area contributed by atoms with Gasteiger partial charge in [-0.2, -0.15) is 0 Å². The summed E-state index contributed by atoms with van der Waals surface area (Å²) in [6, 6.07) is 4.13. The predicted octanol–water partition coefficient (Wildman–Crippen LogP) is -1.96. The van der Waals surface area contributed by atoms with Crippen LogP contribution < -0.4 is 48.7 Å². The Morgan fingerprint density at radius 2 is 1.06 bits per heavy atom. The van der Waals surface area contributed by atoms with E-state index in [0.29, 0.717) is 17.4 Å². The number of rotatable bonds is 30. The molecule has 0 heterocycles. The third-order valence-electron chi connectivity index (χ3n) is 10.6. The topological polar surface area (TPSA) is 385 Å². The van der Waals surface area contributed by atoms with Crippen molar-refractivity contribution in [1.82, 2.24) is 37.2 Å². The minimum absolute atomic E-state index is 0.0968. The third-order valence-corrected chi connectivity index (χ3v) is 10.6. The summed E-state index contributed by atoms with van der Waals surface area (Å²) >= 11 is 0. The molecule has 68 heavy (non-hydrogen) atoms. The fraction of sp³-hybridized carbons (Fsp3) is 0.489.